The van der Waals surface area contributed by atoms with E-state index < -0.39 is 0 Å². The summed E-state index contributed by atoms with van der Waals surface area (Å²) in [5, 5.41) is 14.7. The maximum atomic E-state index is 5.38. The standard InChI is InChI=1S/C20H30N8O/c1-26-8-10-28(11-9-26)18-4-2-17(3-5-18)23-20-24-19(16-22-25-20)21-6-7-27-12-14-29-15-13-27/h2-5,16H,6-15H2,1H3,(H2,21,23,24,25). The number of hydrogen-bond acceptors (Lipinski definition) is 9. The zero-order chi connectivity index (χ0) is 19.9. The molecule has 4 rings (SSSR count). The number of rotatable bonds is 7. The summed E-state index contributed by atoms with van der Waals surface area (Å²) in [4.78, 5) is 11.7. The van der Waals surface area contributed by atoms with Gasteiger partial charge in [-0.05, 0) is 31.3 Å². The van der Waals surface area contributed by atoms with Crippen molar-refractivity contribution in [2.45, 2.75) is 0 Å². The number of nitrogens with one attached hydrogen (secondary N) is 2. The van der Waals surface area contributed by atoms with Crippen LogP contribution in [0.4, 0.5) is 23.1 Å². The van der Waals surface area contributed by atoms with Crippen LogP contribution in [0.25, 0.3) is 0 Å². The second-order valence-electron chi connectivity index (χ2n) is 7.51. The van der Waals surface area contributed by atoms with Crippen LogP contribution >= 0.6 is 0 Å². The summed E-state index contributed by atoms with van der Waals surface area (Å²) in [5.74, 6) is 1.22. The zero-order valence-electron chi connectivity index (χ0n) is 17.0. The summed E-state index contributed by atoms with van der Waals surface area (Å²) >= 11 is 0. The molecule has 0 aliphatic carbocycles. The molecule has 2 aliphatic rings. The first-order chi connectivity index (χ1) is 14.3. The molecular weight excluding hydrogens is 368 g/mol. The van der Waals surface area contributed by atoms with Crippen LogP contribution in [0.1, 0.15) is 0 Å². The van der Waals surface area contributed by atoms with Crippen molar-refractivity contribution in [1.29, 1.82) is 0 Å². The summed E-state index contributed by atoms with van der Waals surface area (Å²) in [7, 11) is 2.17. The molecule has 2 N–H and O–H groups in total. The van der Waals surface area contributed by atoms with Gasteiger partial charge in [0.15, 0.2) is 5.82 Å². The van der Waals surface area contributed by atoms with Gasteiger partial charge in [0.05, 0.1) is 19.4 Å². The molecule has 0 bridgehead atoms. The molecule has 2 fully saturated rings. The van der Waals surface area contributed by atoms with Gasteiger partial charge in [0, 0.05) is 63.7 Å². The molecule has 0 amide bonds. The molecule has 9 nitrogen and oxygen atoms in total. The molecule has 1 aromatic heterocycles. The van der Waals surface area contributed by atoms with Crippen LogP contribution in [0.5, 0.6) is 0 Å². The van der Waals surface area contributed by atoms with Crippen molar-refractivity contribution in [3.8, 4) is 0 Å². The van der Waals surface area contributed by atoms with E-state index >= 15 is 0 Å². The number of nitrogens with zero attached hydrogens (tertiary/aromatic N) is 6. The van der Waals surface area contributed by atoms with Crippen LogP contribution in [-0.4, -0.2) is 97.6 Å². The lowest BCUT2D eigenvalue weighted by Crippen LogP contribution is -2.44. The molecule has 0 spiro atoms. The van der Waals surface area contributed by atoms with Crippen molar-refractivity contribution in [2.75, 3.05) is 88.2 Å². The lowest BCUT2D eigenvalue weighted by Gasteiger charge is -2.34. The molecule has 0 radical (unpaired) electrons. The minimum atomic E-state index is 0.494. The minimum absolute atomic E-state index is 0.494. The summed E-state index contributed by atoms with van der Waals surface area (Å²) in [6.07, 6.45) is 1.65. The van der Waals surface area contributed by atoms with E-state index in [1.807, 2.05) is 0 Å². The molecule has 9 heteroatoms. The van der Waals surface area contributed by atoms with Gasteiger partial charge in [-0.2, -0.15) is 10.1 Å². The zero-order valence-corrected chi connectivity index (χ0v) is 17.0. The summed E-state index contributed by atoms with van der Waals surface area (Å²) < 4.78 is 5.38. The average Bonchev–Trinajstić information content (AvgIpc) is 2.76. The van der Waals surface area contributed by atoms with E-state index in [0.717, 1.165) is 77.1 Å². The Bertz CT molecular complexity index is 757. The van der Waals surface area contributed by atoms with Crippen LogP contribution < -0.4 is 15.5 Å². The molecule has 0 unspecified atom stereocenters. The lowest BCUT2D eigenvalue weighted by atomic mass is 10.2. The Morgan fingerprint density at radius 2 is 1.76 bits per heavy atom. The van der Waals surface area contributed by atoms with Crippen molar-refractivity contribution in [1.82, 2.24) is 25.0 Å². The van der Waals surface area contributed by atoms with Crippen LogP contribution in [0.2, 0.25) is 0 Å². The SMILES string of the molecule is CN1CCN(c2ccc(Nc3nncc(NCCN4CCOCC4)n3)cc2)CC1. The van der Waals surface area contributed by atoms with Crippen LogP contribution in [0.15, 0.2) is 30.5 Å². The number of benzene rings is 1. The van der Waals surface area contributed by atoms with Gasteiger partial charge in [0.25, 0.3) is 0 Å². The third-order valence-electron chi connectivity index (χ3n) is 5.39. The van der Waals surface area contributed by atoms with Crippen LogP contribution in [-0.2, 0) is 4.74 Å². The van der Waals surface area contributed by atoms with Gasteiger partial charge >= 0.3 is 0 Å². The first-order valence-electron chi connectivity index (χ1n) is 10.3. The Kier molecular flexibility index (Phi) is 6.71. The van der Waals surface area contributed by atoms with Gasteiger partial charge in [-0.3, -0.25) is 4.90 Å². The quantitative estimate of drug-likeness (QED) is 0.713. The Labute approximate surface area is 172 Å². The summed E-state index contributed by atoms with van der Waals surface area (Å²) in [6.45, 7) is 9.72. The van der Waals surface area contributed by atoms with E-state index in [1.165, 1.54) is 5.69 Å². The van der Waals surface area contributed by atoms with E-state index in [4.69, 9.17) is 4.74 Å². The van der Waals surface area contributed by atoms with E-state index in [0.29, 0.717) is 5.95 Å². The number of hydrogen-bond donors (Lipinski definition) is 2. The number of morpholine rings is 1. The van der Waals surface area contributed by atoms with Crippen molar-refractivity contribution in [2.24, 2.45) is 0 Å². The number of aromatic nitrogens is 3. The summed E-state index contributed by atoms with van der Waals surface area (Å²) in [5.41, 5.74) is 2.20. The highest BCUT2D eigenvalue weighted by atomic mass is 16.5. The predicted octanol–water partition coefficient (Wildman–Crippen LogP) is 1.11. The maximum Gasteiger partial charge on any atom is 0.249 e. The number of ether oxygens (including phenoxy) is 1. The average molecular weight is 399 g/mol. The third kappa shape index (κ3) is 5.75. The number of piperazine rings is 1. The fraction of sp³-hybridized carbons (Fsp3) is 0.550. The van der Waals surface area contributed by atoms with Gasteiger partial charge in [-0.15, -0.1) is 5.10 Å². The molecular formula is C20H30N8O. The Hall–Kier alpha value is -2.49. The smallest absolute Gasteiger partial charge is 0.249 e. The first kappa shape index (κ1) is 19.8. The van der Waals surface area contributed by atoms with E-state index in [9.17, 15) is 0 Å². The normalized spacial score (nSPS) is 18.6. The summed E-state index contributed by atoms with van der Waals surface area (Å²) in [6, 6.07) is 8.42. The highest BCUT2D eigenvalue weighted by Crippen LogP contribution is 2.21. The maximum absolute atomic E-state index is 5.38. The fourth-order valence-electron chi connectivity index (χ4n) is 3.56. The molecule has 3 heterocycles. The van der Waals surface area contributed by atoms with Gasteiger partial charge in [0.2, 0.25) is 5.95 Å². The van der Waals surface area contributed by atoms with E-state index in [2.05, 4.69) is 71.8 Å². The van der Waals surface area contributed by atoms with Crippen LogP contribution in [0, 0.1) is 0 Å². The minimum Gasteiger partial charge on any atom is -0.379 e. The molecule has 1 aromatic carbocycles. The van der Waals surface area contributed by atoms with E-state index in [-0.39, 0.29) is 0 Å². The van der Waals surface area contributed by atoms with Gasteiger partial charge < -0.3 is 25.2 Å². The van der Waals surface area contributed by atoms with Gasteiger partial charge in [0.1, 0.15) is 0 Å². The van der Waals surface area contributed by atoms with Crippen LogP contribution in [0.3, 0.4) is 0 Å². The number of anilines is 4. The van der Waals surface area contributed by atoms with Crippen molar-refractivity contribution in [3.63, 3.8) is 0 Å². The molecule has 156 valence electrons. The number of likely N-dealkylation sites (N-methyl/N-ethyl adjacent to an activating group) is 1. The predicted molar refractivity (Wildman–Crippen MR) is 115 cm³/mol. The largest absolute Gasteiger partial charge is 0.379 e. The monoisotopic (exact) mass is 398 g/mol. The highest BCUT2D eigenvalue weighted by molar-refractivity contribution is 5.59. The first-order valence-corrected chi connectivity index (χ1v) is 10.3. The molecule has 2 saturated heterocycles. The lowest BCUT2D eigenvalue weighted by molar-refractivity contribution is 0.0398. The van der Waals surface area contributed by atoms with Gasteiger partial charge in [-0.1, -0.05) is 0 Å². The van der Waals surface area contributed by atoms with Gasteiger partial charge in [-0.25, -0.2) is 0 Å². The topological polar surface area (TPSA) is 81.7 Å². The second kappa shape index (κ2) is 9.82. The van der Waals surface area contributed by atoms with Crippen molar-refractivity contribution < 1.29 is 4.74 Å². The van der Waals surface area contributed by atoms with E-state index in [1.54, 1.807) is 6.20 Å². The second-order valence-corrected chi connectivity index (χ2v) is 7.51. The third-order valence-corrected chi connectivity index (χ3v) is 5.39. The fourth-order valence-corrected chi connectivity index (χ4v) is 3.56. The molecule has 2 aromatic rings. The van der Waals surface area contributed by atoms with Crippen molar-refractivity contribution in [3.05, 3.63) is 30.5 Å². The Morgan fingerprint density at radius 3 is 2.52 bits per heavy atom. The molecule has 29 heavy (non-hydrogen) atoms. The molecule has 0 saturated carbocycles. The Balaban J connectivity index is 1.28. The molecule has 2 aliphatic heterocycles. The highest BCUT2D eigenvalue weighted by Gasteiger charge is 2.14. The Morgan fingerprint density at radius 1 is 1.00 bits per heavy atom. The molecule has 0 atom stereocenters. The van der Waals surface area contributed by atoms with Crippen molar-refractivity contribution >= 4 is 23.1 Å².